The van der Waals surface area contributed by atoms with Gasteiger partial charge in [-0.25, -0.2) is 0 Å². The third-order valence-electron chi connectivity index (χ3n) is 4.49. The topological polar surface area (TPSA) is 77.8 Å². The minimum atomic E-state index is -0.807. The number of carboxylic acids is 1. The molecule has 2 unspecified atom stereocenters. The van der Waals surface area contributed by atoms with Gasteiger partial charge in [-0.1, -0.05) is 38.3 Å². The molecule has 1 fully saturated rings. The van der Waals surface area contributed by atoms with Crippen LogP contribution in [0.2, 0.25) is 0 Å². The molecule has 0 saturated carbocycles. The number of likely N-dealkylation sites (tertiary alicyclic amines) is 1. The summed E-state index contributed by atoms with van der Waals surface area (Å²) < 4.78 is 0. The Hall–Kier alpha value is -1.01. The second-order valence-corrected chi connectivity index (χ2v) is 8.20. The van der Waals surface area contributed by atoms with E-state index in [1.54, 1.807) is 11.8 Å². The summed E-state index contributed by atoms with van der Waals surface area (Å²) in [5.74, 6) is 1.04. The lowest BCUT2D eigenvalue weighted by molar-refractivity contribution is -0.137. The normalized spacial score (nSPS) is 20.4. The van der Waals surface area contributed by atoms with Crippen molar-refractivity contribution in [3.63, 3.8) is 0 Å². The van der Waals surface area contributed by atoms with E-state index in [1.807, 2.05) is 24.0 Å². The zero-order valence-electron chi connectivity index (χ0n) is 15.6. The monoisotopic (exact) mass is 371 g/mol. The van der Waals surface area contributed by atoms with Crippen LogP contribution in [0, 0.1) is 0 Å². The number of thioether (sulfide) groups is 1. The van der Waals surface area contributed by atoms with Crippen molar-refractivity contribution in [1.82, 2.24) is 4.90 Å². The number of carboxylic acid groups (broad SMARTS) is 1. The number of carbonyl (C=O) groups is 2. The molecule has 1 rings (SSSR count). The second kappa shape index (κ2) is 11.6. The Morgan fingerprint density at radius 1 is 1.36 bits per heavy atom. The molecule has 0 aromatic carbocycles. The van der Waals surface area contributed by atoms with Crippen LogP contribution in [-0.2, 0) is 9.59 Å². The van der Waals surface area contributed by atoms with E-state index in [-0.39, 0.29) is 18.4 Å². The smallest absolute Gasteiger partial charge is 0.303 e. The summed E-state index contributed by atoms with van der Waals surface area (Å²) in [5.41, 5.74) is -0.807. The van der Waals surface area contributed by atoms with Crippen molar-refractivity contribution in [2.24, 2.45) is 0 Å². The summed E-state index contributed by atoms with van der Waals surface area (Å²) in [4.78, 5) is 24.4. The number of hydrogen-bond acceptors (Lipinski definition) is 4. The maximum Gasteiger partial charge on any atom is 0.303 e. The minimum absolute atomic E-state index is 0.0739. The molecule has 0 spiro atoms. The van der Waals surface area contributed by atoms with Gasteiger partial charge in [0.25, 0.3) is 0 Å². The molecular weight excluding hydrogens is 338 g/mol. The SMILES string of the molecule is CCCCCC(C)(O)C=CC1CCC(=O)N1CCSCCCC(=O)O. The van der Waals surface area contributed by atoms with E-state index in [2.05, 4.69) is 6.92 Å². The molecule has 0 aromatic rings. The van der Waals surface area contributed by atoms with E-state index < -0.39 is 11.6 Å². The van der Waals surface area contributed by atoms with Gasteiger partial charge in [-0.05, 0) is 31.9 Å². The lowest BCUT2D eigenvalue weighted by Crippen LogP contribution is -2.34. The number of nitrogens with zero attached hydrogens (tertiary/aromatic N) is 1. The predicted octanol–water partition coefficient (Wildman–Crippen LogP) is 3.46. The molecule has 0 bridgehead atoms. The van der Waals surface area contributed by atoms with Crippen LogP contribution in [0.3, 0.4) is 0 Å². The molecule has 144 valence electrons. The van der Waals surface area contributed by atoms with E-state index in [0.29, 0.717) is 19.4 Å². The van der Waals surface area contributed by atoms with Gasteiger partial charge in [0.1, 0.15) is 0 Å². The van der Waals surface area contributed by atoms with Gasteiger partial charge in [-0.2, -0.15) is 11.8 Å². The van der Waals surface area contributed by atoms with Crippen molar-refractivity contribution in [3.05, 3.63) is 12.2 Å². The van der Waals surface area contributed by atoms with Crippen LogP contribution in [-0.4, -0.2) is 56.7 Å². The number of rotatable bonds is 13. The molecule has 1 saturated heterocycles. The maximum atomic E-state index is 12.1. The molecule has 0 aromatic heterocycles. The van der Waals surface area contributed by atoms with Crippen LogP contribution in [0.4, 0.5) is 0 Å². The van der Waals surface area contributed by atoms with Gasteiger partial charge in [0, 0.05) is 25.1 Å². The molecule has 1 heterocycles. The second-order valence-electron chi connectivity index (χ2n) is 6.98. The predicted molar refractivity (Wildman–Crippen MR) is 103 cm³/mol. The maximum absolute atomic E-state index is 12.1. The van der Waals surface area contributed by atoms with Gasteiger partial charge in [-0.3, -0.25) is 9.59 Å². The van der Waals surface area contributed by atoms with Crippen molar-refractivity contribution in [3.8, 4) is 0 Å². The Morgan fingerprint density at radius 3 is 2.80 bits per heavy atom. The molecule has 0 radical (unpaired) electrons. The molecule has 2 atom stereocenters. The van der Waals surface area contributed by atoms with Crippen LogP contribution in [0.25, 0.3) is 0 Å². The lowest BCUT2D eigenvalue weighted by atomic mass is 9.97. The molecule has 1 amide bonds. The highest BCUT2D eigenvalue weighted by Gasteiger charge is 2.29. The summed E-state index contributed by atoms with van der Waals surface area (Å²) in [6, 6.07) is 0.0739. The number of hydrogen-bond donors (Lipinski definition) is 2. The fourth-order valence-corrected chi connectivity index (χ4v) is 3.85. The van der Waals surface area contributed by atoms with Crippen molar-refractivity contribution >= 4 is 23.6 Å². The van der Waals surface area contributed by atoms with E-state index >= 15 is 0 Å². The van der Waals surface area contributed by atoms with Crippen LogP contribution >= 0.6 is 11.8 Å². The van der Waals surface area contributed by atoms with Crippen molar-refractivity contribution in [2.45, 2.75) is 76.9 Å². The first-order valence-electron chi connectivity index (χ1n) is 9.36. The number of aliphatic hydroxyl groups is 1. The highest BCUT2D eigenvalue weighted by molar-refractivity contribution is 7.99. The third kappa shape index (κ3) is 9.31. The van der Waals surface area contributed by atoms with Crippen LogP contribution in [0.15, 0.2) is 12.2 Å². The van der Waals surface area contributed by atoms with Crippen molar-refractivity contribution < 1.29 is 19.8 Å². The van der Waals surface area contributed by atoms with Gasteiger partial charge in [0.05, 0.1) is 11.6 Å². The van der Waals surface area contributed by atoms with Gasteiger partial charge >= 0.3 is 5.97 Å². The number of aliphatic carboxylic acids is 1. The Morgan fingerprint density at radius 2 is 2.12 bits per heavy atom. The largest absolute Gasteiger partial charge is 0.481 e. The van der Waals surface area contributed by atoms with Crippen LogP contribution in [0.5, 0.6) is 0 Å². The van der Waals surface area contributed by atoms with E-state index in [0.717, 1.165) is 43.6 Å². The summed E-state index contributed by atoms with van der Waals surface area (Å²) in [6.45, 7) is 4.66. The minimum Gasteiger partial charge on any atom is -0.481 e. The molecule has 2 N–H and O–H groups in total. The average molecular weight is 372 g/mol. The molecule has 1 aliphatic heterocycles. The Labute approximate surface area is 155 Å². The number of amides is 1. The zero-order valence-corrected chi connectivity index (χ0v) is 16.4. The standard InChI is InChI=1S/C19H33NO4S/c1-3-4-5-11-19(2,24)12-10-16-8-9-17(21)20(16)13-15-25-14-6-7-18(22)23/h10,12,16,24H,3-9,11,13-15H2,1-2H3,(H,22,23). The van der Waals surface area contributed by atoms with E-state index in [1.165, 1.54) is 0 Å². The van der Waals surface area contributed by atoms with Crippen molar-refractivity contribution in [2.75, 3.05) is 18.1 Å². The summed E-state index contributed by atoms with van der Waals surface area (Å²) in [7, 11) is 0. The lowest BCUT2D eigenvalue weighted by Gasteiger charge is -2.24. The first kappa shape index (κ1) is 22.0. The fraction of sp³-hybridized carbons (Fsp3) is 0.789. The van der Waals surface area contributed by atoms with E-state index in [9.17, 15) is 14.7 Å². The molecule has 1 aliphatic rings. The first-order valence-corrected chi connectivity index (χ1v) is 10.5. The van der Waals surface area contributed by atoms with Gasteiger partial charge < -0.3 is 15.1 Å². The summed E-state index contributed by atoms with van der Waals surface area (Å²) in [6.07, 6.45) is 10.1. The molecule has 25 heavy (non-hydrogen) atoms. The highest BCUT2D eigenvalue weighted by atomic mass is 32.2. The van der Waals surface area contributed by atoms with Gasteiger partial charge in [-0.15, -0.1) is 0 Å². The Balaban J connectivity index is 2.38. The Bertz CT molecular complexity index is 451. The van der Waals surface area contributed by atoms with Gasteiger partial charge in [0.2, 0.25) is 5.91 Å². The average Bonchev–Trinajstić information content (AvgIpc) is 2.89. The van der Waals surface area contributed by atoms with Crippen LogP contribution < -0.4 is 0 Å². The molecular formula is C19H33NO4S. The molecule has 6 heteroatoms. The number of unbranched alkanes of at least 4 members (excludes halogenated alkanes) is 2. The highest BCUT2D eigenvalue weighted by Crippen LogP contribution is 2.23. The quantitative estimate of drug-likeness (QED) is 0.383. The summed E-state index contributed by atoms with van der Waals surface area (Å²) in [5, 5.41) is 19.0. The van der Waals surface area contributed by atoms with E-state index in [4.69, 9.17) is 5.11 Å². The first-order chi connectivity index (χ1) is 11.9. The van der Waals surface area contributed by atoms with Crippen molar-refractivity contribution in [1.29, 1.82) is 0 Å². The Kier molecular flexibility index (Phi) is 10.2. The number of carbonyl (C=O) groups excluding carboxylic acids is 1. The van der Waals surface area contributed by atoms with Gasteiger partial charge in [0.15, 0.2) is 0 Å². The zero-order chi connectivity index (χ0) is 18.7. The molecule has 5 nitrogen and oxygen atoms in total. The fourth-order valence-electron chi connectivity index (χ4n) is 2.97. The van der Waals surface area contributed by atoms with Crippen LogP contribution in [0.1, 0.15) is 65.2 Å². The molecule has 0 aliphatic carbocycles. The summed E-state index contributed by atoms with van der Waals surface area (Å²) >= 11 is 1.69. The third-order valence-corrected chi connectivity index (χ3v) is 5.54.